The van der Waals surface area contributed by atoms with E-state index in [9.17, 15) is 14.4 Å². The first-order valence-corrected chi connectivity index (χ1v) is 11.6. The monoisotopic (exact) mass is 496 g/mol. The lowest BCUT2D eigenvalue weighted by Crippen LogP contribution is -2.54. The normalized spacial score (nSPS) is 11.5. The Balaban J connectivity index is 1.67. The Bertz CT molecular complexity index is 1190. The summed E-state index contributed by atoms with van der Waals surface area (Å²) in [6.07, 6.45) is 0. The summed E-state index contributed by atoms with van der Waals surface area (Å²) >= 11 is 1.22. The van der Waals surface area contributed by atoms with Crippen LogP contribution in [0.1, 0.15) is 33.9 Å². The quantitative estimate of drug-likeness (QED) is 0.354. The molecule has 0 saturated heterocycles. The molecule has 2 aromatic carbocycles. The molecule has 3 rings (SSSR count). The van der Waals surface area contributed by atoms with Crippen molar-refractivity contribution in [3.63, 3.8) is 0 Å². The van der Waals surface area contributed by atoms with Crippen LogP contribution in [0.15, 0.2) is 54.6 Å². The van der Waals surface area contributed by atoms with Gasteiger partial charge in [0.25, 0.3) is 17.7 Å². The molecule has 3 aromatic rings. The van der Waals surface area contributed by atoms with Crippen molar-refractivity contribution in [2.24, 2.45) is 5.92 Å². The molecule has 0 radical (unpaired) electrons. The molecule has 0 spiro atoms. The zero-order valence-corrected chi connectivity index (χ0v) is 20.7. The van der Waals surface area contributed by atoms with Crippen LogP contribution < -0.4 is 31.4 Å². The average molecular weight is 497 g/mol. The van der Waals surface area contributed by atoms with Gasteiger partial charge in [-0.25, -0.2) is 0 Å². The molecule has 0 saturated carbocycles. The van der Waals surface area contributed by atoms with E-state index in [2.05, 4.69) is 16.2 Å². The summed E-state index contributed by atoms with van der Waals surface area (Å²) in [5.74, 6) is -0.993. The lowest BCUT2D eigenvalue weighted by Gasteiger charge is -2.22. The number of ether oxygens (including phenoxy) is 2. The summed E-state index contributed by atoms with van der Waals surface area (Å²) in [7, 11) is 2.96. The number of hydrazine groups is 1. The molecule has 0 unspecified atom stereocenters. The molecule has 3 amide bonds. The predicted octanol–water partition coefficient (Wildman–Crippen LogP) is 3.23. The average Bonchev–Trinajstić information content (AvgIpc) is 3.27. The van der Waals surface area contributed by atoms with Gasteiger partial charge in [0.2, 0.25) is 0 Å². The highest BCUT2D eigenvalue weighted by Gasteiger charge is 2.26. The maximum absolute atomic E-state index is 12.8. The molecule has 35 heavy (non-hydrogen) atoms. The minimum absolute atomic E-state index is 0.264. The van der Waals surface area contributed by atoms with Crippen LogP contribution in [0.2, 0.25) is 0 Å². The van der Waals surface area contributed by atoms with Crippen LogP contribution in [-0.4, -0.2) is 38.0 Å². The number of methoxy groups -OCH3 is 2. The molecule has 1 atom stereocenters. The molecule has 0 fully saturated rings. The van der Waals surface area contributed by atoms with Crippen LogP contribution in [0.25, 0.3) is 10.4 Å². The van der Waals surface area contributed by atoms with Gasteiger partial charge in [-0.1, -0.05) is 44.2 Å². The highest BCUT2D eigenvalue weighted by Crippen LogP contribution is 2.33. The number of hydrogen-bond acceptors (Lipinski definition) is 7. The number of rotatable bonds is 8. The van der Waals surface area contributed by atoms with Gasteiger partial charge in [-0.15, -0.1) is 11.3 Å². The number of benzene rings is 2. The Kier molecular flexibility index (Phi) is 8.32. The van der Waals surface area contributed by atoms with Gasteiger partial charge in [0.05, 0.1) is 19.9 Å². The summed E-state index contributed by atoms with van der Waals surface area (Å²) in [4.78, 5) is 39.5. The maximum Gasteiger partial charge on any atom is 0.281 e. The number of nitrogens with two attached hydrogens (primary N) is 1. The predicted molar refractivity (Wildman–Crippen MR) is 135 cm³/mol. The fourth-order valence-corrected chi connectivity index (χ4v) is 4.26. The SMILES string of the molecule is COc1cc(OC)cc(C(=O)N[C@@H](C(=O)NNC(=O)c2sc(-c3ccccc3)cc2N)C(C)C)c1. The zero-order chi connectivity index (χ0) is 25.5. The van der Waals surface area contributed by atoms with Gasteiger partial charge >= 0.3 is 0 Å². The zero-order valence-electron chi connectivity index (χ0n) is 19.9. The standard InChI is InChI=1S/C25H28N4O5S/c1-14(2)21(27-23(30)16-10-17(33-3)12-18(11-16)34-4)24(31)28-29-25(32)22-19(26)13-20(35-22)15-8-6-5-7-9-15/h5-14,21H,26H2,1-4H3,(H,27,30)(H,28,31)(H,29,32)/t21-/m1/s1. The highest BCUT2D eigenvalue weighted by molar-refractivity contribution is 7.18. The van der Waals surface area contributed by atoms with Gasteiger partial charge in [-0.05, 0) is 29.7 Å². The molecular formula is C25H28N4O5S. The fraction of sp³-hybridized carbons (Fsp3) is 0.240. The van der Waals surface area contributed by atoms with Gasteiger partial charge in [-0.2, -0.15) is 0 Å². The second-order valence-corrected chi connectivity index (χ2v) is 9.05. The Morgan fingerprint density at radius 2 is 1.51 bits per heavy atom. The number of amides is 3. The number of thiophene rings is 1. The largest absolute Gasteiger partial charge is 0.497 e. The summed E-state index contributed by atoms with van der Waals surface area (Å²) in [6.45, 7) is 3.56. The number of anilines is 1. The van der Waals surface area contributed by atoms with Crippen molar-refractivity contribution in [3.8, 4) is 21.9 Å². The number of carbonyl (C=O) groups is 3. The van der Waals surface area contributed by atoms with Gasteiger partial charge < -0.3 is 20.5 Å². The van der Waals surface area contributed by atoms with Crippen LogP contribution in [0.3, 0.4) is 0 Å². The van der Waals surface area contributed by atoms with Crippen molar-refractivity contribution in [3.05, 3.63) is 65.0 Å². The first-order chi connectivity index (χ1) is 16.7. The Labute approximate surface area is 207 Å². The third-order valence-electron chi connectivity index (χ3n) is 5.17. The molecule has 184 valence electrons. The van der Waals surface area contributed by atoms with Gasteiger partial charge in [0, 0.05) is 16.5 Å². The molecule has 1 aromatic heterocycles. The number of hydrogen-bond donors (Lipinski definition) is 4. The Morgan fingerprint density at radius 3 is 2.09 bits per heavy atom. The van der Waals surface area contributed by atoms with E-state index in [0.29, 0.717) is 17.2 Å². The van der Waals surface area contributed by atoms with Crippen LogP contribution >= 0.6 is 11.3 Å². The van der Waals surface area contributed by atoms with Gasteiger partial charge in [0.15, 0.2) is 0 Å². The first-order valence-electron chi connectivity index (χ1n) is 10.8. The van der Waals surface area contributed by atoms with Crippen molar-refractivity contribution in [1.82, 2.24) is 16.2 Å². The second-order valence-electron chi connectivity index (χ2n) is 8.00. The van der Waals surface area contributed by atoms with E-state index in [4.69, 9.17) is 15.2 Å². The second kappa shape index (κ2) is 11.4. The summed E-state index contributed by atoms with van der Waals surface area (Å²) in [6, 6.07) is 15.1. The van der Waals surface area contributed by atoms with E-state index in [-0.39, 0.29) is 16.4 Å². The van der Waals surface area contributed by atoms with E-state index in [1.807, 2.05) is 30.3 Å². The van der Waals surface area contributed by atoms with Gasteiger partial charge in [0.1, 0.15) is 22.4 Å². The molecule has 0 bridgehead atoms. The molecule has 0 aliphatic rings. The smallest absolute Gasteiger partial charge is 0.281 e. The third kappa shape index (κ3) is 6.30. The molecule has 5 N–H and O–H groups in total. The molecular weight excluding hydrogens is 468 g/mol. The Morgan fingerprint density at radius 1 is 0.886 bits per heavy atom. The maximum atomic E-state index is 12.8. The fourth-order valence-electron chi connectivity index (χ4n) is 3.28. The minimum atomic E-state index is -0.916. The van der Waals surface area contributed by atoms with E-state index in [1.54, 1.807) is 38.1 Å². The first kappa shape index (κ1) is 25.6. The minimum Gasteiger partial charge on any atom is -0.497 e. The van der Waals surface area contributed by atoms with E-state index >= 15 is 0 Å². The number of nitrogen functional groups attached to an aromatic ring is 1. The molecule has 0 aliphatic heterocycles. The van der Waals surface area contributed by atoms with Crippen molar-refractivity contribution >= 4 is 34.7 Å². The Hall–Kier alpha value is -4.05. The van der Waals surface area contributed by atoms with E-state index < -0.39 is 23.8 Å². The summed E-state index contributed by atoms with van der Waals surface area (Å²) in [5.41, 5.74) is 12.3. The summed E-state index contributed by atoms with van der Waals surface area (Å²) < 4.78 is 10.4. The number of nitrogens with one attached hydrogen (secondary N) is 3. The number of carbonyl (C=O) groups excluding carboxylic acids is 3. The van der Waals surface area contributed by atoms with Gasteiger partial charge in [-0.3, -0.25) is 25.2 Å². The van der Waals surface area contributed by atoms with E-state index in [0.717, 1.165) is 10.4 Å². The highest BCUT2D eigenvalue weighted by atomic mass is 32.1. The van der Waals surface area contributed by atoms with Crippen molar-refractivity contribution < 1.29 is 23.9 Å². The topological polar surface area (TPSA) is 132 Å². The van der Waals surface area contributed by atoms with Crippen LogP contribution in [0.4, 0.5) is 5.69 Å². The summed E-state index contributed by atoms with van der Waals surface area (Å²) in [5, 5.41) is 2.70. The van der Waals surface area contributed by atoms with Crippen molar-refractivity contribution in [1.29, 1.82) is 0 Å². The molecule has 9 nitrogen and oxygen atoms in total. The van der Waals surface area contributed by atoms with Crippen LogP contribution in [-0.2, 0) is 4.79 Å². The van der Waals surface area contributed by atoms with Crippen molar-refractivity contribution in [2.45, 2.75) is 19.9 Å². The lowest BCUT2D eigenvalue weighted by atomic mass is 10.0. The third-order valence-corrected chi connectivity index (χ3v) is 6.37. The molecule has 10 heteroatoms. The molecule has 0 aliphatic carbocycles. The van der Waals surface area contributed by atoms with E-state index in [1.165, 1.54) is 25.6 Å². The lowest BCUT2D eigenvalue weighted by molar-refractivity contribution is -0.124. The van der Waals surface area contributed by atoms with Crippen molar-refractivity contribution in [2.75, 3.05) is 20.0 Å². The molecule has 1 heterocycles. The van der Waals surface area contributed by atoms with Crippen LogP contribution in [0.5, 0.6) is 11.5 Å². The van der Waals surface area contributed by atoms with Crippen LogP contribution in [0, 0.1) is 5.92 Å².